The van der Waals surface area contributed by atoms with Gasteiger partial charge in [-0.25, -0.2) is 9.59 Å². The molecule has 0 radical (unpaired) electrons. The smallest absolute Gasteiger partial charge is 0.407 e. The molecule has 4 N–H and O–H groups in total. The van der Waals surface area contributed by atoms with Crippen LogP contribution < -0.4 is 16.0 Å². The van der Waals surface area contributed by atoms with E-state index in [0.29, 0.717) is 26.1 Å². The Labute approximate surface area is 382 Å². The molecule has 22 heteroatoms. The fourth-order valence-electron chi connectivity index (χ4n) is 7.45. The lowest BCUT2D eigenvalue weighted by Gasteiger charge is -2.48. The Morgan fingerprint density at radius 2 is 1.35 bits per heavy atom. The van der Waals surface area contributed by atoms with E-state index >= 15 is 0 Å². The fourth-order valence-corrected chi connectivity index (χ4v) is 7.45. The van der Waals surface area contributed by atoms with Crippen LogP contribution in [0.5, 0.6) is 0 Å². The van der Waals surface area contributed by atoms with Gasteiger partial charge < -0.3 is 54.2 Å². The zero-order valence-electron chi connectivity index (χ0n) is 37.2. The molecule has 66 heavy (non-hydrogen) atoms. The minimum absolute atomic E-state index is 0.0467. The van der Waals surface area contributed by atoms with Gasteiger partial charge in [0.05, 0.1) is 50.7 Å². The summed E-state index contributed by atoms with van der Waals surface area (Å²) >= 11 is 0. The van der Waals surface area contributed by atoms with Crippen molar-refractivity contribution in [1.29, 1.82) is 0 Å². The largest absolute Gasteiger partial charge is 0.445 e. The van der Waals surface area contributed by atoms with Crippen LogP contribution in [0.3, 0.4) is 0 Å². The lowest BCUT2D eigenvalue weighted by molar-refractivity contribution is -0.301. The normalized spacial score (nSPS) is 24.9. The Kier molecular flexibility index (Phi) is 20.6. The maximum atomic E-state index is 13.1. The summed E-state index contributed by atoms with van der Waals surface area (Å²) in [5, 5.41) is 32.6. The molecule has 2 amide bonds. The molecule has 1 heterocycles. The average Bonchev–Trinajstić information content (AvgIpc) is 3.30. The monoisotopic (exact) mass is 914 g/mol. The zero-order valence-corrected chi connectivity index (χ0v) is 37.2. The van der Waals surface area contributed by atoms with Crippen molar-refractivity contribution in [2.75, 3.05) is 32.8 Å². The molecule has 1 aliphatic heterocycles. The number of ether oxygens (including phenoxy) is 7. The molecule has 354 valence electrons. The second-order valence-corrected chi connectivity index (χ2v) is 16.5. The van der Waals surface area contributed by atoms with Crippen molar-refractivity contribution in [2.45, 2.75) is 120 Å². The van der Waals surface area contributed by atoms with Gasteiger partial charge in [0.25, 0.3) is 0 Å². The van der Waals surface area contributed by atoms with E-state index in [2.05, 4.69) is 46.0 Å². The molecule has 10 atom stereocenters. The molecule has 0 spiro atoms. The predicted octanol–water partition coefficient (Wildman–Crippen LogP) is 6.88. The molecule has 2 aliphatic rings. The Morgan fingerprint density at radius 3 is 1.94 bits per heavy atom. The number of hydrogen-bond acceptors (Lipinski definition) is 14. The molecule has 1 aliphatic carbocycles. The van der Waals surface area contributed by atoms with Crippen LogP contribution in [0.2, 0.25) is 0 Å². The molecule has 3 aromatic rings. The maximum absolute atomic E-state index is 13.1. The van der Waals surface area contributed by atoms with Gasteiger partial charge in [-0.05, 0) is 73.4 Å². The number of hydrogen-bond donors (Lipinski definition) is 4. The Balaban J connectivity index is 1.32. The van der Waals surface area contributed by atoms with E-state index in [1.165, 1.54) is 0 Å². The third kappa shape index (κ3) is 16.4. The highest BCUT2D eigenvalue weighted by Gasteiger charge is 2.52. The number of rotatable bonds is 23. The first kappa shape index (κ1) is 50.8. The lowest BCUT2D eigenvalue weighted by atomic mass is 9.83. The fraction of sp³-hybridized carbons (Fsp3) is 0.545. The van der Waals surface area contributed by atoms with Gasteiger partial charge in [-0.2, -0.15) is 0 Å². The molecule has 0 aromatic heterocycles. The summed E-state index contributed by atoms with van der Waals surface area (Å²) in [6.45, 7) is 6.38. The first-order chi connectivity index (χ1) is 32.0. The second kappa shape index (κ2) is 26.7. The topological polar surface area (TPSA) is 301 Å². The van der Waals surface area contributed by atoms with Gasteiger partial charge in [0.2, 0.25) is 0 Å². The highest BCUT2D eigenvalue weighted by Crippen LogP contribution is 2.35. The van der Waals surface area contributed by atoms with E-state index in [1.807, 2.05) is 91.0 Å². The highest BCUT2D eigenvalue weighted by molar-refractivity contribution is 5.68. The average molecular weight is 915 g/mol. The quantitative estimate of drug-likeness (QED) is 0.0329. The maximum Gasteiger partial charge on any atom is 0.407 e. The third-order valence-electron chi connectivity index (χ3n) is 10.4. The van der Waals surface area contributed by atoms with E-state index in [1.54, 1.807) is 20.8 Å². The molecule has 22 nitrogen and oxygen atoms in total. The summed E-state index contributed by atoms with van der Waals surface area (Å²) < 4.78 is 42.8. The van der Waals surface area contributed by atoms with Gasteiger partial charge in [-0.1, -0.05) is 106 Å². The van der Waals surface area contributed by atoms with Gasteiger partial charge in [-0.15, -0.1) is 0 Å². The molecule has 2 fully saturated rings. The SMILES string of the molecule is CC(C)(C)OC(=O)N[C@@H]1CC(N=[N+]=[N-])C(O[C@H]2OC(CN=[N+]=[N-])[C@@H](OCc3ccccc3)[C@H](OCc3ccccc3)C2N=[N+]=[N-])[C@H](O)C1OCCNCCCNC(=O)OCc1ccccc1. The van der Waals surface area contributed by atoms with E-state index < -0.39 is 78.8 Å². The summed E-state index contributed by atoms with van der Waals surface area (Å²) in [6, 6.07) is 24.6. The molecular weight excluding hydrogens is 857 g/mol. The van der Waals surface area contributed by atoms with Crippen molar-refractivity contribution in [1.82, 2.24) is 16.0 Å². The second-order valence-electron chi connectivity index (χ2n) is 16.5. The number of aliphatic hydroxyl groups excluding tert-OH is 1. The number of benzene rings is 3. The molecule has 3 aromatic carbocycles. The van der Waals surface area contributed by atoms with Crippen molar-refractivity contribution in [3.63, 3.8) is 0 Å². The number of aliphatic hydroxyl groups is 1. The van der Waals surface area contributed by atoms with Crippen LogP contribution in [-0.4, -0.2) is 117 Å². The molecular formula is C44H58N12O10. The van der Waals surface area contributed by atoms with E-state index in [-0.39, 0.29) is 39.4 Å². The summed E-state index contributed by atoms with van der Waals surface area (Å²) in [6.07, 6.45) is -9.44. The number of alkyl carbamates (subject to hydrolysis) is 2. The number of azide groups is 3. The molecule has 5 rings (SSSR count). The zero-order chi connectivity index (χ0) is 47.2. The van der Waals surface area contributed by atoms with E-state index in [4.69, 9.17) is 33.2 Å². The predicted molar refractivity (Wildman–Crippen MR) is 239 cm³/mol. The van der Waals surface area contributed by atoms with Gasteiger partial charge >= 0.3 is 12.2 Å². The third-order valence-corrected chi connectivity index (χ3v) is 10.4. The van der Waals surface area contributed by atoms with E-state index in [0.717, 1.165) is 16.7 Å². The highest BCUT2D eigenvalue weighted by atomic mass is 16.7. The van der Waals surface area contributed by atoms with Crippen molar-refractivity contribution >= 4 is 12.2 Å². The van der Waals surface area contributed by atoms with Crippen LogP contribution in [-0.2, 0) is 53.0 Å². The minimum Gasteiger partial charge on any atom is -0.445 e. The number of carbonyl (C=O) groups excluding carboxylic acids is 2. The van der Waals surface area contributed by atoms with Gasteiger partial charge in [-0.3, -0.25) is 0 Å². The number of carbonyl (C=O) groups is 2. The van der Waals surface area contributed by atoms with Crippen molar-refractivity contribution < 1.29 is 47.9 Å². The number of amides is 2. The molecule has 5 unspecified atom stereocenters. The Bertz CT molecular complexity index is 2090. The van der Waals surface area contributed by atoms with Crippen LogP contribution in [0.25, 0.3) is 31.3 Å². The summed E-state index contributed by atoms with van der Waals surface area (Å²) in [4.78, 5) is 34.3. The van der Waals surface area contributed by atoms with Gasteiger partial charge in [0.1, 0.15) is 42.7 Å². The first-order valence-electron chi connectivity index (χ1n) is 21.6. The van der Waals surface area contributed by atoms with Crippen LogP contribution in [0.4, 0.5) is 9.59 Å². The molecule has 1 saturated carbocycles. The van der Waals surface area contributed by atoms with Crippen molar-refractivity contribution in [2.24, 2.45) is 15.3 Å². The summed E-state index contributed by atoms with van der Waals surface area (Å²) in [7, 11) is 0. The van der Waals surface area contributed by atoms with Gasteiger partial charge in [0, 0.05) is 27.8 Å². The van der Waals surface area contributed by atoms with Crippen LogP contribution in [0.15, 0.2) is 106 Å². The molecule has 0 bridgehead atoms. The van der Waals surface area contributed by atoms with E-state index in [9.17, 15) is 31.3 Å². The summed E-state index contributed by atoms with van der Waals surface area (Å²) in [5.74, 6) is 0. The molecule has 1 saturated heterocycles. The van der Waals surface area contributed by atoms with Crippen molar-refractivity contribution in [3.8, 4) is 0 Å². The van der Waals surface area contributed by atoms with Crippen LogP contribution in [0.1, 0.15) is 50.3 Å². The lowest BCUT2D eigenvalue weighted by Crippen LogP contribution is -2.65. The number of nitrogens with one attached hydrogen (secondary N) is 3. The first-order valence-corrected chi connectivity index (χ1v) is 21.6. The number of nitrogens with zero attached hydrogens (tertiary/aromatic N) is 9. The Hall–Kier alpha value is -6.15. The van der Waals surface area contributed by atoms with Crippen LogP contribution >= 0.6 is 0 Å². The van der Waals surface area contributed by atoms with Crippen LogP contribution in [0, 0.1) is 0 Å². The van der Waals surface area contributed by atoms with Crippen molar-refractivity contribution in [3.05, 3.63) is 139 Å². The standard InChI is InChI=1S/C44H58N12O10/c1-44(2,3)66-43(59)51-32-24-33(52-55-46)38(36(57)37(32)60-23-22-48-20-13-21-49-42(58)63-28-31-18-11-6-12-19-31)65-41-35(53-56-47)40(62-27-30-16-9-5-10-17-30)39(34(64-41)25-50-54-45)61-26-29-14-7-4-8-15-29/h4-12,14-19,32-41,48,57H,13,20-28H2,1-3H3,(H,49,58)(H,51,59)/t32-,33?,34?,35?,36-,37?,38?,39-,40-,41-/m1/s1. The Morgan fingerprint density at radius 1 is 0.742 bits per heavy atom. The minimum atomic E-state index is -1.58. The summed E-state index contributed by atoms with van der Waals surface area (Å²) in [5.41, 5.74) is 30.7. The van der Waals surface area contributed by atoms with Gasteiger partial charge in [0.15, 0.2) is 6.29 Å².